The number of aliphatic hydroxyl groups is 4. The van der Waals surface area contributed by atoms with Crippen LogP contribution in [0.3, 0.4) is 0 Å². The monoisotopic (exact) mass is 204 g/mol. The van der Waals surface area contributed by atoms with Crippen LogP contribution in [0, 0.1) is 0 Å². The SMILES string of the molecule is OCC1C(O)C(O)C(O)C2=CNN[NH+]21. The van der Waals surface area contributed by atoms with Crippen LogP contribution in [0.4, 0.5) is 0 Å². The van der Waals surface area contributed by atoms with E-state index in [0.29, 0.717) is 10.7 Å². The molecule has 2 heterocycles. The van der Waals surface area contributed by atoms with Gasteiger partial charge in [0.1, 0.15) is 12.2 Å². The molecule has 7 N–H and O–H groups in total. The van der Waals surface area contributed by atoms with E-state index in [9.17, 15) is 15.3 Å². The van der Waals surface area contributed by atoms with E-state index < -0.39 is 24.4 Å². The number of hydrogen-bond acceptors (Lipinski definition) is 6. The molecular weight excluding hydrogens is 190 g/mol. The number of nitrogens with one attached hydrogen (secondary N) is 3. The second-order valence-corrected chi connectivity index (χ2v) is 3.50. The fourth-order valence-corrected chi connectivity index (χ4v) is 1.87. The molecule has 0 bridgehead atoms. The van der Waals surface area contributed by atoms with Crippen LogP contribution in [0.25, 0.3) is 0 Å². The highest BCUT2D eigenvalue weighted by atomic mass is 16.4. The molecule has 2 aliphatic heterocycles. The molecule has 0 spiro atoms. The smallest absolute Gasteiger partial charge is 0.177 e. The molecule has 0 aromatic heterocycles. The largest absolute Gasteiger partial charge is 0.390 e. The van der Waals surface area contributed by atoms with Crippen LogP contribution in [0.15, 0.2) is 11.9 Å². The van der Waals surface area contributed by atoms with Crippen molar-refractivity contribution in [3.63, 3.8) is 0 Å². The van der Waals surface area contributed by atoms with Crippen LogP contribution in [-0.4, -0.2) is 51.4 Å². The molecule has 80 valence electrons. The molecule has 14 heavy (non-hydrogen) atoms. The molecule has 0 amide bonds. The van der Waals surface area contributed by atoms with Crippen molar-refractivity contribution in [3.05, 3.63) is 11.9 Å². The number of hydrazine groups is 1. The van der Waals surface area contributed by atoms with Gasteiger partial charge in [0.15, 0.2) is 17.8 Å². The van der Waals surface area contributed by atoms with Crippen LogP contribution >= 0.6 is 0 Å². The standard InChI is InChI=1S/C7H13N3O4/c11-2-4-6(13)7(14)5(12)3-1-8-9-10(3)4/h1,4-9,11-14H,2H2/p+1. The van der Waals surface area contributed by atoms with Gasteiger partial charge in [-0.2, -0.15) is 0 Å². The molecule has 0 saturated carbocycles. The molecule has 1 fully saturated rings. The summed E-state index contributed by atoms with van der Waals surface area (Å²) in [6.45, 7) is -0.285. The average molecular weight is 204 g/mol. The molecule has 0 radical (unpaired) electrons. The summed E-state index contributed by atoms with van der Waals surface area (Å²) < 4.78 is 0. The first-order chi connectivity index (χ1) is 6.66. The third-order valence-electron chi connectivity index (χ3n) is 2.72. The number of fused-ring (bicyclic) bond motifs is 1. The van der Waals surface area contributed by atoms with E-state index >= 15 is 0 Å². The van der Waals surface area contributed by atoms with Crippen molar-refractivity contribution in [2.45, 2.75) is 24.4 Å². The van der Waals surface area contributed by atoms with Crippen LogP contribution in [0.5, 0.6) is 0 Å². The van der Waals surface area contributed by atoms with Crippen LogP contribution < -0.4 is 16.0 Å². The lowest BCUT2D eigenvalue weighted by atomic mass is 9.93. The summed E-state index contributed by atoms with van der Waals surface area (Å²) in [7, 11) is 0. The molecule has 7 nitrogen and oxygen atoms in total. The molecule has 0 aromatic carbocycles. The van der Waals surface area contributed by atoms with Gasteiger partial charge in [0.2, 0.25) is 0 Å². The lowest BCUT2D eigenvalue weighted by Gasteiger charge is -2.37. The molecule has 0 aliphatic carbocycles. The molecule has 0 aromatic rings. The predicted molar refractivity (Wildman–Crippen MR) is 44.2 cm³/mol. The minimum atomic E-state index is -1.26. The fraction of sp³-hybridized carbons (Fsp3) is 0.714. The zero-order valence-corrected chi connectivity index (χ0v) is 7.38. The average Bonchev–Trinajstić information content (AvgIpc) is 2.64. The molecule has 7 heteroatoms. The van der Waals surface area contributed by atoms with Gasteiger partial charge in [-0.05, 0) is 0 Å². The third kappa shape index (κ3) is 1.22. The van der Waals surface area contributed by atoms with Crippen molar-refractivity contribution in [2.75, 3.05) is 6.61 Å². The maximum Gasteiger partial charge on any atom is 0.177 e. The normalized spacial score (nSPS) is 46.9. The summed E-state index contributed by atoms with van der Waals surface area (Å²) in [4.78, 5) is 0. The lowest BCUT2D eigenvalue weighted by molar-refractivity contribution is -0.943. The molecular formula is C7H14N3O4+. The first-order valence-corrected chi connectivity index (χ1v) is 4.40. The van der Waals surface area contributed by atoms with Gasteiger partial charge < -0.3 is 20.4 Å². The van der Waals surface area contributed by atoms with Crippen molar-refractivity contribution in [1.82, 2.24) is 11.0 Å². The van der Waals surface area contributed by atoms with Gasteiger partial charge in [0.25, 0.3) is 0 Å². The number of hydrogen-bond donors (Lipinski definition) is 7. The summed E-state index contributed by atoms with van der Waals surface area (Å²) in [5.74, 6) is 0. The van der Waals surface area contributed by atoms with E-state index in [4.69, 9.17) is 5.11 Å². The number of aliphatic hydroxyl groups excluding tert-OH is 4. The molecule has 2 aliphatic rings. The second-order valence-electron chi connectivity index (χ2n) is 3.50. The number of piperidine rings is 1. The molecule has 1 saturated heterocycles. The third-order valence-corrected chi connectivity index (χ3v) is 2.72. The predicted octanol–water partition coefficient (Wildman–Crippen LogP) is -4.81. The zero-order chi connectivity index (χ0) is 10.3. The Labute approximate surface area is 80.2 Å². The van der Waals surface area contributed by atoms with E-state index in [1.54, 1.807) is 0 Å². The van der Waals surface area contributed by atoms with Crippen molar-refractivity contribution in [3.8, 4) is 0 Å². The lowest BCUT2D eigenvalue weighted by Crippen LogP contribution is -3.23. The van der Waals surface area contributed by atoms with Gasteiger partial charge in [-0.15, -0.1) is 0 Å². The first-order valence-electron chi connectivity index (χ1n) is 4.40. The van der Waals surface area contributed by atoms with Crippen molar-refractivity contribution in [2.24, 2.45) is 0 Å². The van der Waals surface area contributed by atoms with E-state index in [1.807, 2.05) is 0 Å². The van der Waals surface area contributed by atoms with Crippen molar-refractivity contribution in [1.29, 1.82) is 0 Å². The Morgan fingerprint density at radius 3 is 2.64 bits per heavy atom. The topological polar surface area (TPSA) is 109 Å². The van der Waals surface area contributed by atoms with Crippen molar-refractivity contribution >= 4 is 0 Å². The summed E-state index contributed by atoms with van der Waals surface area (Å²) in [6.07, 6.45) is -2.03. The maximum absolute atomic E-state index is 9.57. The summed E-state index contributed by atoms with van der Waals surface area (Å²) in [5.41, 5.74) is 5.87. The summed E-state index contributed by atoms with van der Waals surface area (Å²) >= 11 is 0. The van der Waals surface area contributed by atoms with Gasteiger partial charge >= 0.3 is 0 Å². The quantitative estimate of drug-likeness (QED) is 0.231. The fourth-order valence-electron chi connectivity index (χ4n) is 1.87. The Bertz CT molecular complexity index is 259. The van der Waals surface area contributed by atoms with E-state index in [-0.39, 0.29) is 6.61 Å². The Morgan fingerprint density at radius 1 is 1.29 bits per heavy atom. The minimum Gasteiger partial charge on any atom is -0.390 e. The maximum atomic E-state index is 9.57. The van der Waals surface area contributed by atoms with E-state index in [1.165, 1.54) is 6.20 Å². The zero-order valence-electron chi connectivity index (χ0n) is 7.38. The van der Waals surface area contributed by atoms with Crippen LogP contribution in [0.1, 0.15) is 0 Å². The summed E-state index contributed by atoms with van der Waals surface area (Å²) in [6, 6.07) is -0.588. The van der Waals surface area contributed by atoms with E-state index in [0.717, 1.165) is 0 Å². The van der Waals surface area contributed by atoms with Crippen LogP contribution in [-0.2, 0) is 0 Å². The van der Waals surface area contributed by atoms with Gasteiger partial charge in [0, 0.05) is 0 Å². The van der Waals surface area contributed by atoms with Gasteiger partial charge in [-0.3, -0.25) is 5.43 Å². The highest BCUT2D eigenvalue weighted by Gasteiger charge is 2.50. The Morgan fingerprint density at radius 2 is 2.00 bits per heavy atom. The number of quaternary nitrogens is 1. The van der Waals surface area contributed by atoms with Gasteiger partial charge in [-0.1, -0.05) is 5.53 Å². The van der Waals surface area contributed by atoms with Crippen molar-refractivity contribution < 1.29 is 25.4 Å². The minimum absolute atomic E-state index is 0.285. The van der Waals surface area contributed by atoms with Gasteiger partial charge in [0.05, 0.1) is 12.8 Å². The molecule has 5 unspecified atom stereocenters. The van der Waals surface area contributed by atoms with Crippen LogP contribution in [0.2, 0.25) is 0 Å². The van der Waals surface area contributed by atoms with Gasteiger partial charge in [-0.25, -0.2) is 5.01 Å². The summed E-state index contributed by atoms with van der Waals surface area (Å²) in [5, 5.41) is 38.2. The number of rotatable bonds is 1. The Kier molecular flexibility index (Phi) is 2.43. The Hall–Kier alpha value is -0.700. The molecule has 2 rings (SSSR count). The first kappa shape index (κ1) is 9.84. The second kappa shape index (κ2) is 3.46. The highest BCUT2D eigenvalue weighted by Crippen LogP contribution is 2.13. The van der Waals surface area contributed by atoms with E-state index in [2.05, 4.69) is 11.0 Å². The Balaban J connectivity index is 2.26. The molecule has 5 atom stereocenters. The highest BCUT2D eigenvalue weighted by molar-refractivity contribution is 5.07.